The summed E-state index contributed by atoms with van der Waals surface area (Å²) in [5.41, 5.74) is 1.64. The van der Waals surface area contributed by atoms with Crippen molar-refractivity contribution in [2.75, 3.05) is 7.05 Å². The monoisotopic (exact) mass is 329 g/mol. The molecule has 0 atom stereocenters. The lowest BCUT2D eigenvalue weighted by atomic mass is 10.2. The highest BCUT2D eigenvalue weighted by atomic mass is 35.5. The number of nitrogens with zero attached hydrogens (tertiary/aromatic N) is 2. The van der Waals surface area contributed by atoms with E-state index in [2.05, 4.69) is 10.2 Å². The highest BCUT2D eigenvalue weighted by Crippen LogP contribution is 2.21. The van der Waals surface area contributed by atoms with Crippen molar-refractivity contribution in [1.29, 1.82) is 0 Å². The lowest BCUT2D eigenvalue weighted by molar-refractivity contribution is 0.277. The van der Waals surface area contributed by atoms with Crippen molar-refractivity contribution < 1.29 is 13.5 Å². The smallest absolute Gasteiger partial charge is 0.262 e. The van der Waals surface area contributed by atoms with Gasteiger partial charge in [0.1, 0.15) is 0 Å². The molecule has 0 spiro atoms. The van der Waals surface area contributed by atoms with E-state index in [4.69, 9.17) is 11.6 Å². The predicted octanol–water partition coefficient (Wildman–Crippen LogP) is 1.68. The van der Waals surface area contributed by atoms with E-state index in [1.807, 2.05) is 0 Å². The van der Waals surface area contributed by atoms with Crippen LogP contribution in [0.5, 0.6) is 0 Å². The van der Waals surface area contributed by atoms with Crippen molar-refractivity contribution in [3.05, 3.63) is 46.1 Å². The molecular weight excluding hydrogens is 314 g/mol. The van der Waals surface area contributed by atoms with Gasteiger partial charge in [-0.2, -0.15) is 9.40 Å². The Bertz CT molecular complexity index is 726. The van der Waals surface area contributed by atoms with E-state index in [0.717, 1.165) is 5.56 Å². The molecule has 0 bridgehead atoms. The fourth-order valence-corrected chi connectivity index (χ4v) is 3.34. The van der Waals surface area contributed by atoms with Gasteiger partial charge in [-0.05, 0) is 24.6 Å². The molecule has 2 N–H and O–H groups in total. The van der Waals surface area contributed by atoms with Crippen LogP contribution < -0.4 is 0 Å². The third-order valence-electron chi connectivity index (χ3n) is 3.17. The number of aromatic amines is 1. The van der Waals surface area contributed by atoms with Gasteiger partial charge in [-0.3, -0.25) is 5.10 Å². The molecule has 0 aliphatic carbocycles. The van der Waals surface area contributed by atoms with Crippen LogP contribution >= 0.6 is 11.6 Å². The van der Waals surface area contributed by atoms with Gasteiger partial charge in [-0.15, -0.1) is 0 Å². The highest BCUT2D eigenvalue weighted by Gasteiger charge is 2.27. The molecule has 8 heteroatoms. The molecule has 1 heterocycles. The second-order valence-electron chi connectivity index (χ2n) is 4.68. The largest absolute Gasteiger partial charge is 0.392 e. The molecule has 0 aliphatic heterocycles. The van der Waals surface area contributed by atoms with Crippen LogP contribution in [0, 0.1) is 6.92 Å². The zero-order chi connectivity index (χ0) is 15.6. The number of benzene rings is 1. The van der Waals surface area contributed by atoms with Crippen LogP contribution in [0.25, 0.3) is 0 Å². The summed E-state index contributed by atoms with van der Waals surface area (Å²) in [6.07, 6.45) is 0. The molecule has 0 unspecified atom stereocenters. The van der Waals surface area contributed by atoms with Crippen LogP contribution in [-0.4, -0.2) is 35.1 Å². The van der Waals surface area contributed by atoms with Gasteiger partial charge in [0.25, 0.3) is 10.0 Å². The maximum absolute atomic E-state index is 12.5. The van der Waals surface area contributed by atoms with Crippen molar-refractivity contribution in [2.24, 2.45) is 0 Å². The third kappa shape index (κ3) is 3.26. The minimum Gasteiger partial charge on any atom is -0.392 e. The Labute approximate surface area is 128 Å². The van der Waals surface area contributed by atoms with Gasteiger partial charge in [-0.1, -0.05) is 23.7 Å². The summed E-state index contributed by atoms with van der Waals surface area (Å²) in [7, 11) is -2.30. The van der Waals surface area contributed by atoms with Gasteiger partial charge in [-0.25, -0.2) is 8.42 Å². The quantitative estimate of drug-likeness (QED) is 0.874. The lowest BCUT2D eigenvalue weighted by Crippen LogP contribution is -2.27. The number of rotatable bonds is 5. The molecule has 21 heavy (non-hydrogen) atoms. The standard InChI is InChI=1S/C13H16ClN3O3S/c1-9-12(8-18)13(16-15-9)21(19,20)17(2)7-10-3-5-11(14)6-4-10/h3-6,18H,7-8H2,1-2H3,(H,15,16). The summed E-state index contributed by atoms with van der Waals surface area (Å²) in [4.78, 5) is 0. The fraction of sp³-hybridized carbons (Fsp3) is 0.308. The Balaban J connectivity index is 2.28. The molecule has 6 nitrogen and oxygen atoms in total. The van der Waals surface area contributed by atoms with Crippen LogP contribution in [0.4, 0.5) is 0 Å². The second kappa shape index (κ2) is 6.15. The molecule has 2 aromatic rings. The third-order valence-corrected chi connectivity index (χ3v) is 5.20. The number of aliphatic hydroxyl groups is 1. The van der Waals surface area contributed by atoms with E-state index in [1.165, 1.54) is 11.4 Å². The molecular formula is C13H16ClN3O3S. The molecule has 114 valence electrons. The second-order valence-corrected chi connectivity index (χ2v) is 7.07. The molecule has 0 saturated heterocycles. The van der Waals surface area contributed by atoms with E-state index in [1.54, 1.807) is 31.2 Å². The highest BCUT2D eigenvalue weighted by molar-refractivity contribution is 7.89. The SMILES string of the molecule is Cc1[nH]nc(S(=O)(=O)N(C)Cc2ccc(Cl)cc2)c1CO. The summed E-state index contributed by atoms with van der Waals surface area (Å²) in [6, 6.07) is 6.93. The minimum atomic E-state index is -3.77. The average molecular weight is 330 g/mol. The van der Waals surface area contributed by atoms with Crippen molar-refractivity contribution >= 4 is 21.6 Å². The summed E-state index contributed by atoms with van der Waals surface area (Å²) in [5, 5.41) is 16.1. The Morgan fingerprint density at radius 3 is 2.52 bits per heavy atom. The van der Waals surface area contributed by atoms with Crippen LogP contribution in [0.1, 0.15) is 16.8 Å². The van der Waals surface area contributed by atoms with Gasteiger partial charge in [0.05, 0.1) is 6.61 Å². The van der Waals surface area contributed by atoms with Crippen LogP contribution in [-0.2, 0) is 23.2 Å². The van der Waals surface area contributed by atoms with Crippen molar-refractivity contribution in [3.8, 4) is 0 Å². The molecule has 1 aromatic carbocycles. The number of halogens is 1. The van der Waals surface area contributed by atoms with E-state index in [-0.39, 0.29) is 23.7 Å². The number of nitrogens with one attached hydrogen (secondary N) is 1. The Hall–Kier alpha value is -1.41. The number of H-pyrrole nitrogens is 1. The van der Waals surface area contributed by atoms with Gasteiger partial charge >= 0.3 is 0 Å². The fourth-order valence-electron chi connectivity index (χ4n) is 1.91. The van der Waals surface area contributed by atoms with E-state index < -0.39 is 10.0 Å². The number of aryl methyl sites for hydroxylation is 1. The first kappa shape index (κ1) is 16.0. The molecule has 1 aromatic heterocycles. The molecule has 0 aliphatic rings. The van der Waals surface area contributed by atoms with Gasteiger partial charge in [0.15, 0.2) is 5.03 Å². The van der Waals surface area contributed by atoms with Gasteiger partial charge in [0.2, 0.25) is 0 Å². The predicted molar refractivity (Wildman–Crippen MR) is 79.4 cm³/mol. The van der Waals surface area contributed by atoms with E-state index in [0.29, 0.717) is 10.7 Å². The maximum atomic E-state index is 12.5. The van der Waals surface area contributed by atoms with Crippen molar-refractivity contribution in [3.63, 3.8) is 0 Å². The molecule has 2 rings (SSSR count). The summed E-state index contributed by atoms with van der Waals surface area (Å²) in [5.74, 6) is 0. The van der Waals surface area contributed by atoms with E-state index >= 15 is 0 Å². The number of hydrogen-bond donors (Lipinski definition) is 2. The number of aliphatic hydroxyl groups excluding tert-OH is 1. The zero-order valence-corrected chi connectivity index (χ0v) is 13.2. The maximum Gasteiger partial charge on any atom is 0.262 e. The first-order chi connectivity index (χ1) is 9.86. The van der Waals surface area contributed by atoms with Gasteiger partial charge < -0.3 is 5.11 Å². The number of hydrogen-bond acceptors (Lipinski definition) is 4. The molecule has 0 radical (unpaired) electrons. The number of aromatic nitrogens is 2. The summed E-state index contributed by atoms with van der Waals surface area (Å²) >= 11 is 5.80. The Morgan fingerprint density at radius 1 is 1.33 bits per heavy atom. The molecule has 0 fully saturated rings. The zero-order valence-electron chi connectivity index (χ0n) is 11.7. The molecule has 0 amide bonds. The van der Waals surface area contributed by atoms with Crippen molar-refractivity contribution in [2.45, 2.75) is 25.1 Å². The van der Waals surface area contributed by atoms with E-state index in [9.17, 15) is 13.5 Å². The first-order valence-electron chi connectivity index (χ1n) is 6.21. The van der Waals surface area contributed by atoms with Gasteiger partial charge in [0, 0.05) is 29.9 Å². The average Bonchev–Trinajstić information content (AvgIpc) is 2.82. The van der Waals surface area contributed by atoms with Crippen LogP contribution in [0.2, 0.25) is 5.02 Å². The Morgan fingerprint density at radius 2 is 1.95 bits per heavy atom. The summed E-state index contributed by atoms with van der Waals surface area (Å²) < 4.78 is 26.2. The number of sulfonamides is 1. The Kier molecular flexibility index (Phi) is 4.67. The normalized spacial score (nSPS) is 12.0. The minimum absolute atomic E-state index is 0.140. The van der Waals surface area contributed by atoms with Crippen molar-refractivity contribution in [1.82, 2.24) is 14.5 Å². The lowest BCUT2D eigenvalue weighted by Gasteiger charge is -2.16. The van der Waals surface area contributed by atoms with Crippen LogP contribution in [0.15, 0.2) is 29.3 Å². The first-order valence-corrected chi connectivity index (χ1v) is 8.03. The topological polar surface area (TPSA) is 86.3 Å². The summed E-state index contributed by atoms with van der Waals surface area (Å²) in [6.45, 7) is 1.47. The van der Waals surface area contributed by atoms with Crippen LogP contribution in [0.3, 0.4) is 0 Å². The molecule has 0 saturated carbocycles.